The van der Waals surface area contributed by atoms with Crippen molar-refractivity contribution in [1.29, 1.82) is 5.26 Å². The molecule has 0 aromatic carbocycles. The number of nitriles is 1. The Balaban J connectivity index is 3.72. The number of nitrogens with zero attached hydrogens (tertiary/aromatic N) is 1. The third-order valence-corrected chi connectivity index (χ3v) is 1.58. The molecule has 0 aliphatic heterocycles. The zero-order valence-electron chi connectivity index (χ0n) is 7.18. The van der Waals surface area contributed by atoms with E-state index in [-0.39, 0.29) is 5.91 Å². The molecule has 0 fully saturated rings. The van der Waals surface area contributed by atoms with E-state index in [2.05, 4.69) is 0 Å². The van der Waals surface area contributed by atoms with Crippen LogP contribution in [0.4, 0.5) is 0 Å². The number of carbonyl (C=O) groups excluding carboxylic acids is 1. The van der Waals surface area contributed by atoms with E-state index in [1.807, 2.05) is 20.0 Å². The van der Waals surface area contributed by atoms with Gasteiger partial charge in [-0.05, 0) is 13.3 Å². The van der Waals surface area contributed by atoms with Crippen LogP contribution >= 0.6 is 0 Å². The first-order chi connectivity index (χ1) is 5.26. The molecule has 0 heterocycles. The fourth-order valence-electron chi connectivity index (χ4n) is 0.827. The highest BCUT2D eigenvalue weighted by Gasteiger charge is 2.15. The number of hydrogen-bond acceptors (Lipinski definition) is 2. The van der Waals surface area contributed by atoms with Crippen LogP contribution in [0.3, 0.4) is 0 Å². The lowest BCUT2D eigenvalue weighted by atomic mass is 10.2. The number of quaternary nitrogens is 1. The summed E-state index contributed by atoms with van der Waals surface area (Å²) in [5.41, 5.74) is 0. The zero-order chi connectivity index (χ0) is 8.69. The van der Waals surface area contributed by atoms with E-state index < -0.39 is 0 Å². The molecule has 0 rings (SSSR count). The minimum absolute atomic E-state index is 0.0249. The van der Waals surface area contributed by atoms with Crippen LogP contribution in [0, 0.1) is 11.5 Å². The van der Waals surface area contributed by atoms with Gasteiger partial charge in [0, 0.05) is 0 Å². The first kappa shape index (κ1) is 10.1. The first-order valence-electron chi connectivity index (χ1n) is 4.05. The van der Waals surface area contributed by atoms with E-state index in [1.165, 1.54) is 0 Å². The van der Waals surface area contributed by atoms with Gasteiger partial charge in [0.05, 0.1) is 13.0 Å². The minimum Gasteiger partial charge on any atom is -0.230 e. The van der Waals surface area contributed by atoms with Gasteiger partial charge < -0.3 is 0 Å². The molecule has 3 heteroatoms. The molecule has 3 nitrogen and oxygen atoms in total. The smallest absolute Gasteiger partial charge is 0.230 e. The highest BCUT2D eigenvalue weighted by molar-refractivity contribution is 5.67. The fraction of sp³-hybridized carbons (Fsp3) is 0.750. The third-order valence-electron chi connectivity index (χ3n) is 1.58. The molecule has 0 spiro atoms. The number of rotatable bonds is 4. The second kappa shape index (κ2) is 5.87. The van der Waals surface area contributed by atoms with Crippen LogP contribution in [0.25, 0.3) is 0 Å². The Labute approximate surface area is 67.6 Å². The van der Waals surface area contributed by atoms with Crippen LogP contribution in [0.15, 0.2) is 0 Å². The summed E-state index contributed by atoms with van der Waals surface area (Å²) in [5, 5.41) is 8.49. The van der Waals surface area contributed by atoms with Crippen molar-refractivity contribution in [3.8, 4) is 6.19 Å². The Morgan fingerprint density at radius 2 is 2.18 bits per heavy atom. The van der Waals surface area contributed by atoms with Gasteiger partial charge in [0.2, 0.25) is 0 Å². The van der Waals surface area contributed by atoms with E-state index in [0.29, 0.717) is 17.9 Å². The van der Waals surface area contributed by atoms with Crippen molar-refractivity contribution in [3.05, 3.63) is 0 Å². The molecule has 0 saturated heterocycles. The molecule has 1 amide bonds. The summed E-state index contributed by atoms with van der Waals surface area (Å²) in [6, 6.07) is 0. The van der Waals surface area contributed by atoms with E-state index in [1.54, 1.807) is 0 Å². The molecular weight excluding hydrogens is 140 g/mol. The Kier molecular flexibility index (Phi) is 5.40. The number of nitrogens with one attached hydrogen (secondary N) is 1. The summed E-state index contributed by atoms with van der Waals surface area (Å²) in [6.45, 7) is 4.44. The lowest BCUT2D eigenvalue weighted by molar-refractivity contribution is -0.746. The SMILES string of the molecule is CCCCC(=O)[NH+](C#N)CC. The van der Waals surface area contributed by atoms with Gasteiger partial charge in [0.25, 0.3) is 0 Å². The normalized spacial score (nSPS) is 12.1. The van der Waals surface area contributed by atoms with Crippen molar-refractivity contribution in [2.24, 2.45) is 0 Å². The Hall–Kier alpha value is -0.880. The molecule has 1 N–H and O–H groups in total. The third kappa shape index (κ3) is 3.74. The maximum Gasteiger partial charge on any atom is 0.326 e. The number of amides is 1. The molecular formula is C8H15N2O+. The van der Waals surface area contributed by atoms with Crippen LogP contribution in [-0.2, 0) is 4.79 Å². The topological polar surface area (TPSA) is 45.3 Å². The van der Waals surface area contributed by atoms with Crippen LogP contribution in [0.1, 0.15) is 33.1 Å². The summed E-state index contributed by atoms with van der Waals surface area (Å²) in [7, 11) is 0. The monoisotopic (exact) mass is 155 g/mol. The Morgan fingerprint density at radius 3 is 2.55 bits per heavy atom. The van der Waals surface area contributed by atoms with Crippen molar-refractivity contribution in [1.82, 2.24) is 0 Å². The van der Waals surface area contributed by atoms with Gasteiger partial charge in [0.15, 0.2) is 0 Å². The van der Waals surface area contributed by atoms with Gasteiger partial charge in [-0.25, -0.2) is 4.79 Å². The van der Waals surface area contributed by atoms with Crippen molar-refractivity contribution in [2.45, 2.75) is 33.1 Å². The average Bonchev–Trinajstić information content (AvgIpc) is 2.03. The van der Waals surface area contributed by atoms with E-state index >= 15 is 0 Å². The molecule has 0 aromatic rings. The molecule has 1 unspecified atom stereocenters. The van der Waals surface area contributed by atoms with Crippen LogP contribution in [0.2, 0.25) is 0 Å². The number of hydrogen-bond donors (Lipinski definition) is 1. The largest absolute Gasteiger partial charge is 0.326 e. The summed E-state index contributed by atoms with van der Waals surface area (Å²) < 4.78 is 0. The molecule has 1 atom stereocenters. The quantitative estimate of drug-likeness (QED) is 0.585. The second-order valence-electron chi connectivity index (χ2n) is 2.47. The highest BCUT2D eigenvalue weighted by Crippen LogP contribution is 1.90. The minimum atomic E-state index is 0.0249. The predicted molar refractivity (Wildman–Crippen MR) is 41.6 cm³/mol. The summed E-state index contributed by atoms with van der Waals surface area (Å²) in [6.07, 6.45) is 4.36. The highest BCUT2D eigenvalue weighted by atomic mass is 16.2. The zero-order valence-corrected chi connectivity index (χ0v) is 7.18. The van der Waals surface area contributed by atoms with Gasteiger partial charge in [-0.2, -0.15) is 4.90 Å². The predicted octanol–water partition coefficient (Wildman–Crippen LogP) is 0.0891. The maximum atomic E-state index is 11.1. The lowest BCUT2D eigenvalue weighted by Gasteiger charge is -2.02. The van der Waals surface area contributed by atoms with Gasteiger partial charge in [0.1, 0.15) is 0 Å². The molecule has 62 valence electrons. The number of unbranched alkanes of at least 4 members (excludes halogenated alkanes) is 1. The molecule has 0 bridgehead atoms. The van der Waals surface area contributed by atoms with Gasteiger partial charge in [-0.15, -0.1) is 5.26 Å². The Bertz CT molecular complexity index is 160. The summed E-state index contributed by atoms with van der Waals surface area (Å²) >= 11 is 0. The maximum absolute atomic E-state index is 11.1. The van der Waals surface area contributed by atoms with Crippen molar-refractivity contribution in [2.75, 3.05) is 6.54 Å². The molecule has 0 aromatic heterocycles. The van der Waals surface area contributed by atoms with Crippen LogP contribution in [0.5, 0.6) is 0 Å². The van der Waals surface area contributed by atoms with Crippen molar-refractivity contribution < 1.29 is 9.69 Å². The number of carbonyl (C=O) groups is 1. The standard InChI is InChI=1S/C8H14N2O/c1-3-5-6-8(11)10(4-2)7-9/h3-6H2,1-2H3/p+1. The first-order valence-corrected chi connectivity index (χ1v) is 4.05. The lowest BCUT2D eigenvalue weighted by Crippen LogP contribution is -3.10. The summed E-state index contributed by atoms with van der Waals surface area (Å²) in [5.74, 6) is 0.0249. The van der Waals surface area contributed by atoms with Crippen molar-refractivity contribution in [3.63, 3.8) is 0 Å². The van der Waals surface area contributed by atoms with E-state index in [9.17, 15) is 4.79 Å². The molecule has 0 radical (unpaired) electrons. The van der Waals surface area contributed by atoms with E-state index in [0.717, 1.165) is 12.8 Å². The second-order valence-corrected chi connectivity index (χ2v) is 2.47. The molecule has 0 saturated carbocycles. The van der Waals surface area contributed by atoms with E-state index in [4.69, 9.17) is 5.26 Å². The van der Waals surface area contributed by atoms with Gasteiger partial charge in [-0.1, -0.05) is 13.3 Å². The van der Waals surface area contributed by atoms with Crippen LogP contribution < -0.4 is 4.90 Å². The average molecular weight is 155 g/mol. The van der Waals surface area contributed by atoms with Crippen LogP contribution in [-0.4, -0.2) is 12.5 Å². The fourth-order valence-corrected chi connectivity index (χ4v) is 0.827. The molecule has 11 heavy (non-hydrogen) atoms. The molecule has 0 aliphatic carbocycles. The van der Waals surface area contributed by atoms with Crippen molar-refractivity contribution >= 4 is 5.91 Å². The van der Waals surface area contributed by atoms with Gasteiger partial charge >= 0.3 is 12.1 Å². The Morgan fingerprint density at radius 1 is 1.55 bits per heavy atom. The van der Waals surface area contributed by atoms with Gasteiger partial charge in [-0.3, -0.25) is 0 Å². The molecule has 0 aliphatic rings. The summed E-state index contributed by atoms with van der Waals surface area (Å²) in [4.78, 5) is 11.5.